The minimum absolute atomic E-state index is 0. The Morgan fingerprint density at radius 3 is 1.67 bits per heavy atom. The van der Waals surface area contributed by atoms with Crippen molar-refractivity contribution in [2.45, 2.75) is 45.6 Å². The Morgan fingerprint density at radius 2 is 1.28 bits per heavy atom. The largest absolute Gasteiger partial charge is 1.00 e. The van der Waals surface area contributed by atoms with Gasteiger partial charge in [-0.2, -0.15) is 0 Å². The van der Waals surface area contributed by atoms with Crippen LogP contribution in [0.25, 0.3) is 0 Å². The van der Waals surface area contributed by atoms with Gasteiger partial charge in [-0.1, -0.05) is 54.6 Å². The van der Waals surface area contributed by atoms with E-state index in [9.17, 15) is 9.59 Å². The molecule has 5 nitrogen and oxygen atoms in total. The minimum Gasteiger partial charge on any atom is -1.00 e. The van der Waals surface area contributed by atoms with Crippen molar-refractivity contribution in [1.82, 2.24) is 10.2 Å². The lowest BCUT2D eigenvalue weighted by atomic mass is 10.1. The van der Waals surface area contributed by atoms with Crippen molar-refractivity contribution in [2.24, 2.45) is 5.41 Å². The summed E-state index contributed by atoms with van der Waals surface area (Å²) in [6.45, 7) is 6.53. The molecule has 0 heterocycles. The topological polar surface area (TPSA) is 58.6 Å². The molecule has 1 saturated carbocycles. The average Bonchev–Trinajstić information content (AvgIpc) is 3.70. The van der Waals surface area contributed by atoms with Gasteiger partial charge in [0.15, 0.2) is 0 Å². The molecule has 3 aromatic rings. The summed E-state index contributed by atoms with van der Waals surface area (Å²) in [5, 5.41) is 7.25. The molecular formula is C32H40BrN2O3P. The van der Waals surface area contributed by atoms with Crippen molar-refractivity contribution < 1.29 is 31.3 Å². The lowest BCUT2D eigenvalue weighted by molar-refractivity contribution is -0.126. The molecule has 0 spiro atoms. The van der Waals surface area contributed by atoms with Crippen LogP contribution in [0.3, 0.4) is 0 Å². The zero-order valence-corrected chi connectivity index (χ0v) is 25.9. The van der Waals surface area contributed by atoms with Crippen molar-refractivity contribution in [3.63, 3.8) is 0 Å². The third kappa shape index (κ3) is 7.49. The third-order valence-corrected chi connectivity index (χ3v) is 11.7. The second-order valence-electron chi connectivity index (χ2n) is 11.3. The summed E-state index contributed by atoms with van der Waals surface area (Å²) in [7, 11) is -0.207. The molecule has 1 aliphatic rings. The first-order chi connectivity index (χ1) is 18.2. The van der Waals surface area contributed by atoms with E-state index in [1.165, 1.54) is 20.8 Å². The van der Waals surface area contributed by atoms with Crippen molar-refractivity contribution in [1.29, 1.82) is 0 Å². The second-order valence-corrected chi connectivity index (χ2v) is 14.9. The van der Waals surface area contributed by atoms with Crippen LogP contribution in [-0.4, -0.2) is 48.8 Å². The maximum absolute atomic E-state index is 13.2. The monoisotopic (exact) mass is 610 g/mol. The molecule has 208 valence electrons. The zero-order chi connectivity index (χ0) is 27.2. The Hall–Kier alpha value is -2.69. The van der Waals surface area contributed by atoms with E-state index in [0.29, 0.717) is 13.1 Å². The van der Waals surface area contributed by atoms with Crippen LogP contribution in [0.5, 0.6) is 0 Å². The fraction of sp³-hybridized carbons (Fsp3) is 0.375. The lowest BCUT2D eigenvalue weighted by Crippen LogP contribution is -3.00. The third-order valence-electron chi connectivity index (χ3n) is 7.13. The fourth-order valence-electron chi connectivity index (χ4n) is 5.05. The van der Waals surface area contributed by atoms with Gasteiger partial charge in [0.05, 0.1) is 11.6 Å². The number of nitrogens with zero attached hydrogens (tertiary/aromatic N) is 1. The van der Waals surface area contributed by atoms with E-state index in [4.69, 9.17) is 4.74 Å². The van der Waals surface area contributed by atoms with Crippen LogP contribution in [0.4, 0.5) is 4.79 Å². The molecule has 4 rings (SSSR count). The SMILES string of the molecule is CN(CC1(C(=O)NCCC[P+](c2ccccc2)(c2ccccc2)c2ccccc2)CC1)C(=O)OC(C)(C)C.[Br-]. The molecule has 3 aromatic carbocycles. The number of ether oxygens (including phenoxy) is 1. The molecule has 0 atom stereocenters. The van der Waals surface area contributed by atoms with Gasteiger partial charge in [0.25, 0.3) is 0 Å². The molecule has 0 saturated heterocycles. The van der Waals surface area contributed by atoms with Gasteiger partial charge in [-0.25, -0.2) is 4.79 Å². The van der Waals surface area contributed by atoms with Gasteiger partial charge in [-0.15, -0.1) is 0 Å². The van der Waals surface area contributed by atoms with E-state index < -0.39 is 18.3 Å². The summed E-state index contributed by atoms with van der Waals surface area (Å²) in [6, 6.07) is 32.4. The van der Waals surface area contributed by atoms with E-state index in [-0.39, 0.29) is 29.0 Å². The summed E-state index contributed by atoms with van der Waals surface area (Å²) in [5.74, 6) is 0.0379. The van der Waals surface area contributed by atoms with Crippen molar-refractivity contribution in [3.05, 3.63) is 91.0 Å². The molecule has 0 radical (unpaired) electrons. The number of carbonyl (C=O) groups is 2. The van der Waals surface area contributed by atoms with Gasteiger partial charge in [0.2, 0.25) is 5.91 Å². The van der Waals surface area contributed by atoms with Gasteiger partial charge in [-0.05, 0) is 76.4 Å². The van der Waals surface area contributed by atoms with Crippen LogP contribution in [-0.2, 0) is 9.53 Å². The number of carbonyl (C=O) groups excluding carboxylic acids is 2. The predicted octanol–water partition coefficient (Wildman–Crippen LogP) is 2.14. The average molecular weight is 612 g/mol. The number of hydrogen-bond acceptors (Lipinski definition) is 3. The van der Waals surface area contributed by atoms with E-state index in [1.54, 1.807) is 7.05 Å². The van der Waals surface area contributed by atoms with E-state index in [1.807, 2.05) is 20.8 Å². The molecule has 1 fully saturated rings. The van der Waals surface area contributed by atoms with Crippen LogP contribution >= 0.6 is 7.26 Å². The smallest absolute Gasteiger partial charge is 0.410 e. The molecule has 7 heteroatoms. The number of benzene rings is 3. The van der Waals surface area contributed by atoms with E-state index >= 15 is 0 Å². The maximum Gasteiger partial charge on any atom is 0.410 e. The summed E-state index contributed by atoms with van der Waals surface area (Å²) < 4.78 is 5.47. The number of nitrogens with one attached hydrogen (secondary N) is 1. The molecule has 1 aliphatic carbocycles. The number of amides is 2. The molecule has 0 aliphatic heterocycles. The zero-order valence-electron chi connectivity index (χ0n) is 23.4. The predicted molar refractivity (Wildman–Crippen MR) is 158 cm³/mol. The Labute approximate surface area is 244 Å². The molecule has 0 aromatic heterocycles. The Bertz CT molecular complexity index is 1120. The standard InChI is InChI=1S/C32H39N2O3P.BrH/c1-31(2,3)37-30(36)34(4)25-32(21-22-32)29(35)33-23-14-24-38(26-15-8-5-9-16-26,27-17-10-6-11-18-27)28-19-12-7-13-20-28;/h5-13,15-20H,14,21-25H2,1-4H3;1H. The highest BCUT2D eigenvalue weighted by molar-refractivity contribution is 7.95. The molecule has 2 amide bonds. The Morgan fingerprint density at radius 1 is 0.846 bits per heavy atom. The Kier molecular flexibility index (Phi) is 10.4. The summed E-state index contributed by atoms with van der Waals surface area (Å²) in [5.41, 5.74) is -1.06. The van der Waals surface area contributed by atoms with Gasteiger partial charge < -0.3 is 31.9 Å². The fourth-order valence-corrected chi connectivity index (χ4v) is 9.40. The molecule has 0 bridgehead atoms. The quantitative estimate of drug-likeness (QED) is 0.283. The van der Waals surface area contributed by atoms with E-state index in [0.717, 1.165) is 25.4 Å². The highest BCUT2D eigenvalue weighted by atomic mass is 79.9. The normalized spacial score (nSPS) is 14.1. The summed E-state index contributed by atoms with van der Waals surface area (Å²) >= 11 is 0. The van der Waals surface area contributed by atoms with E-state index in [2.05, 4.69) is 96.3 Å². The minimum atomic E-state index is -1.91. The maximum atomic E-state index is 13.2. The van der Waals surface area contributed by atoms with Crippen molar-refractivity contribution in [2.75, 3.05) is 26.3 Å². The molecule has 39 heavy (non-hydrogen) atoms. The van der Waals surface area contributed by atoms with Crippen LogP contribution < -0.4 is 38.2 Å². The number of rotatable bonds is 10. The highest BCUT2D eigenvalue weighted by Gasteiger charge is 2.51. The molecule has 1 N–H and O–H groups in total. The highest BCUT2D eigenvalue weighted by Crippen LogP contribution is 2.55. The van der Waals surface area contributed by atoms with Gasteiger partial charge in [-0.3, -0.25) is 4.79 Å². The first-order valence-corrected chi connectivity index (χ1v) is 15.4. The lowest BCUT2D eigenvalue weighted by Gasteiger charge is -2.28. The second kappa shape index (κ2) is 13.1. The Balaban J connectivity index is 0.00000420. The van der Waals surface area contributed by atoms with Crippen LogP contribution in [0, 0.1) is 5.41 Å². The first kappa shape index (κ1) is 30.8. The van der Waals surface area contributed by atoms with Gasteiger partial charge in [0, 0.05) is 20.1 Å². The van der Waals surface area contributed by atoms with Crippen LogP contribution in [0.2, 0.25) is 0 Å². The van der Waals surface area contributed by atoms with Crippen molar-refractivity contribution >= 4 is 35.2 Å². The van der Waals surface area contributed by atoms with Crippen molar-refractivity contribution in [3.8, 4) is 0 Å². The first-order valence-electron chi connectivity index (χ1n) is 13.4. The summed E-state index contributed by atoms with van der Waals surface area (Å²) in [4.78, 5) is 27.2. The van der Waals surface area contributed by atoms with Crippen LogP contribution in [0.1, 0.15) is 40.0 Å². The number of hydrogen-bond donors (Lipinski definition) is 1. The summed E-state index contributed by atoms with van der Waals surface area (Å²) in [6.07, 6.45) is 3.01. The molecule has 0 unspecified atom stereocenters. The molecular weight excluding hydrogens is 571 g/mol. The van der Waals surface area contributed by atoms with Gasteiger partial charge >= 0.3 is 6.09 Å². The van der Waals surface area contributed by atoms with Gasteiger partial charge in [0.1, 0.15) is 28.8 Å². The number of halogens is 1. The van der Waals surface area contributed by atoms with Crippen LogP contribution in [0.15, 0.2) is 91.0 Å².